The number of nitrogens with zero attached hydrogens (tertiary/aromatic N) is 1. The van der Waals surface area contributed by atoms with Crippen molar-refractivity contribution in [2.75, 3.05) is 25.2 Å². The average molecular weight is 443 g/mol. The molecule has 5 nitrogen and oxygen atoms in total. The van der Waals surface area contributed by atoms with E-state index in [2.05, 4.69) is 5.32 Å². The summed E-state index contributed by atoms with van der Waals surface area (Å²) in [5.74, 6) is -0.203. The number of carbonyl (C=O) groups is 2. The molecule has 0 aromatic heterocycles. The molecule has 33 heavy (non-hydrogen) atoms. The van der Waals surface area contributed by atoms with Gasteiger partial charge in [0.2, 0.25) is 5.91 Å². The third-order valence-corrected chi connectivity index (χ3v) is 5.16. The molecular weight excluding hydrogens is 412 g/mol. The predicted molar refractivity (Wildman–Crippen MR) is 133 cm³/mol. The minimum Gasteiger partial charge on any atom is -0.383 e. The van der Waals surface area contributed by atoms with Crippen molar-refractivity contribution < 1.29 is 14.3 Å². The van der Waals surface area contributed by atoms with Crippen molar-refractivity contribution in [1.82, 2.24) is 5.32 Å². The van der Waals surface area contributed by atoms with Gasteiger partial charge < -0.3 is 15.0 Å². The van der Waals surface area contributed by atoms with E-state index in [0.717, 1.165) is 22.4 Å². The smallest absolute Gasteiger partial charge is 0.251 e. The van der Waals surface area contributed by atoms with Crippen LogP contribution in [0.15, 0.2) is 84.9 Å². The molecule has 0 spiro atoms. The van der Waals surface area contributed by atoms with E-state index in [1.54, 1.807) is 18.1 Å². The van der Waals surface area contributed by atoms with Gasteiger partial charge in [-0.3, -0.25) is 9.59 Å². The molecule has 2 amide bonds. The summed E-state index contributed by atoms with van der Waals surface area (Å²) >= 11 is 0. The Morgan fingerprint density at radius 1 is 0.939 bits per heavy atom. The van der Waals surface area contributed by atoms with Crippen LogP contribution in [0.4, 0.5) is 5.69 Å². The largest absolute Gasteiger partial charge is 0.383 e. The SMILES string of the molecule is COCCNC(=O)Cc1cccc(N(Cc2ccc(C)cc2)C(=O)C=Cc2ccccc2)c1. The van der Waals surface area contributed by atoms with Gasteiger partial charge >= 0.3 is 0 Å². The summed E-state index contributed by atoms with van der Waals surface area (Å²) < 4.78 is 4.97. The van der Waals surface area contributed by atoms with Crippen LogP contribution < -0.4 is 10.2 Å². The number of carbonyl (C=O) groups excluding carboxylic acids is 2. The second-order valence-electron chi connectivity index (χ2n) is 7.84. The van der Waals surface area contributed by atoms with Crippen molar-refractivity contribution in [3.8, 4) is 0 Å². The first kappa shape index (κ1) is 24.0. The van der Waals surface area contributed by atoms with Gasteiger partial charge in [0, 0.05) is 25.4 Å². The molecule has 0 radical (unpaired) electrons. The van der Waals surface area contributed by atoms with Crippen LogP contribution in [0.25, 0.3) is 6.08 Å². The topological polar surface area (TPSA) is 58.6 Å². The molecule has 0 aliphatic heterocycles. The summed E-state index contributed by atoms with van der Waals surface area (Å²) in [6.07, 6.45) is 3.65. The van der Waals surface area contributed by atoms with E-state index in [0.29, 0.717) is 19.7 Å². The number of nitrogens with one attached hydrogen (secondary N) is 1. The molecule has 3 aromatic rings. The van der Waals surface area contributed by atoms with Gasteiger partial charge in [-0.2, -0.15) is 0 Å². The Balaban J connectivity index is 1.82. The predicted octanol–water partition coefficient (Wildman–Crippen LogP) is 4.55. The van der Waals surface area contributed by atoms with Gasteiger partial charge in [0.15, 0.2) is 0 Å². The van der Waals surface area contributed by atoms with Gasteiger partial charge in [-0.1, -0.05) is 72.3 Å². The highest BCUT2D eigenvalue weighted by Gasteiger charge is 2.15. The number of anilines is 1. The van der Waals surface area contributed by atoms with Crippen LogP contribution in [0.2, 0.25) is 0 Å². The Labute approximate surface area is 195 Å². The van der Waals surface area contributed by atoms with Gasteiger partial charge in [-0.05, 0) is 41.8 Å². The maximum Gasteiger partial charge on any atom is 0.251 e. The monoisotopic (exact) mass is 442 g/mol. The van der Waals surface area contributed by atoms with Gasteiger partial charge in [-0.25, -0.2) is 0 Å². The Morgan fingerprint density at radius 2 is 1.70 bits per heavy atom. The molecule has 0 heterocycles. The van der Waals surface area contributed by atoms with Crippen molar-refractivity contribution in [1.29, 1.82) is 0 Å². The summed E-state index contributed by atoms with van der Waals surface area (Å²) in [6.45, 7) is 3.41. The maximum atomic E-state index is 13.2. The van der Waals surface area contributed by atoms with E-state index in [-0.39, 0.29) is 18.2 Å². The second kappa shape index (κ2) is 12.4. The molecular formula is C28H30N2O3. The number of hydrogen-bond acceptors (Lipinski definition) is 3. The highest BCUT2D eigenvalue weighted by molar-refractivity contribution is 6.03. The van der Waals surface area contributed by atoms with Crippen molar-refractivity contribution in [3.63, 3.8) is 0 Å². The molecule has 0 saturated carbocycles. The van der Waals surface area contributed by atoms with Gasteiger partial charge in [-0.15, -0.1) is 0 Å². The lowest BCUT2D eigenvalue weighted by atomic mass is 10.1. The molecule has 1 N–H and O–H groups in total. The Hall–Kier alpha value is -3.70. The standard InChI is InChI=1S/C28H30N2O3/c1-22-11-13-24(14-12-22)21-30(28(32)16-15-23-7-4-3-5-8-23)26-10-6-9-25(19-26)20-27(31)29-17-18-33-2/h3-16,19H,17-18,20-21H2,1-2H3,(H,29,31). The first-order valence-corrected chi connectivity index (χ1v) is 11.0. The van der Waals surface area contributed by atoms with Crippen LogP contribution in [-0.2, 0) is 27.3 Å². The fourth-order valence-electron chi connectivity index (χ4n) is 3.37. The molecule has 0 unspecified atom stereocenters. The molecule has 3 rings (SSSR count). The number of aryl methyl sites for hydroxylation is 1. The fraction of sp³-hybridized carbons (Fsp3) is 0.214. The number of hydrogen-bond donors (Lipinski definition) is 1. The number of benzene rings is 3. The van der Waals surface area contributed by atoms with Crippen LogP contribution in [0, 0.1) is 6.92 Å². The zero-order chi connectivity index (χ0) is 23.5. The zero-order valence-corrected chi connectivity index (χ0v) is 19.2. The lowest BCUT2D eigenvalue weighted by Crippen LogP contribution is -2.29. The van der Waals surface area contributed by atoms with Gasteiger partial charge in [0.25, 0.3) is 5.91 Å². The van der Waals surface area contributed by atoms with Crippen molar-refractivity contribution in [2.24, 2.45) is 0 Å². The molecule has 0 bridgehead atoms. The van der Waals surface area contributed by atoms with Crippen LogP contribution in [-0.4, -0.2) is 32.1 Å². The van der Waals surface area contributed by atoms with Crippen LogP contribution in [0.5, 0.6) is 0 Å². The highest BCUT2D eigenvalue weighted by Crippen LogP contribution is 2.21. The molecule has 0 aliphatic rings. The first-order chi connectivity index (χ1) is 16.0. The Bertz CT molecular complexity index is 1080. The molecule has 170 valence electrons. The van der Waals surface area contributed by atoms with Crippen LogP contribution >= 0.6 is 0 Å². The zero-order valence-electron chi connectivity index (χ0n) is 19.2. The van der Waals surface area contributed by atoms with Gasteiger partial charge in [0.05, 0.1) is 19.6 Å². The number of methoxy groups -OCH3 is 1. The van der Waals surface area contributed by atoms with Crippen molar-refractivity contribution in [3.05, 3.63) is 107 Å². The molecule has 3 aromatic carbocycles. The number of rotatable bonds is 10. The number of ether oxygens (including phenoxy) is 1. The Morgan fingerprint density at radius 3 is 2.42 bits per heavy atom. The van der Waals surface area contributed by atoms with Crippen molar-refractivity contribution in [2.45, 2.75) is 19.9 Å². The molecule has 0 aliphatic carbocycles. The van der Waals surface area contributed by atoms with E-state index >= 15 is 0 Å². The summed E-state index contributed by atoms with van der Waals surface area (Å²) in [5, 5.41) is 2.83. The van der Waals surface area contributed by atoms with Crippen LogP contribution in [0.1, 0.15) is 22.3 Å². The normalized spacial score (nSPS) is 10.8. The maximum absolute atomic E-state index is 13.2. The summed E-state index contributed by atoms with van der Waals surface area (Å²) in [6, 6.07) is 25.5. The summed E-state index contributed by atoms with van der Waals surface area (Å²) in [4.78, 5) is 27.2. The lowest BCUT2D eigenvalue weighted by Gasteiger charge is -2.22. The van der Waals surface area contributed by atoms with E-state index in [1.165, 1.54) is 5.56 Å². The molecule has 0 saturated heterocycles. The van der Waals surface area contributed by atoms with Crippen molar-refractivity contribution >= 4 is 23.6 Å². The lowest BCUT2D eigenvalue weighted by molar-refractivity contribution is -0.120. The highest BCUT2D eigenvalue weighted by atomic mass is 16.5. The fourth-order valence-corrected chi connectivity index (χ4v) is 3.37. The molecule has 0 atom stereocenters. The van der Waals surface area contributed by atoms with Gasteiger partial charge in [0.1, 0.15) is 0 Å². The van der Waals surface area contributed by atoms with E-state index < -0.39 is 0 Å². The molecule has 5 heteroatoms. The molecule has 0 fully saturated rings. The second-order valence-corrected chi connectivity index (χ2v) is 7.84. The summed E-state index contributed by atoms with van der Waals surface area (Å²) in [7, 11) is 1.60. The van der Waals surface area contributed by atoms with E-state index in [9.17, 15) is 9.59 Å². The third-order valence-electron chi connectivity index (χ3n) is 5.16. The number of amides is 2. The summed E-state index contributed by atoms with van der Waals surface area (Å²) in [5.41, 5.74) is 4.76. The first-order valence-electron chi connectivity index (χ1n) is 11.0. The quantitative estimate of drug-likeness (QED) is 0.370. The van der Waals surface area contributed by atoms with Crippen LogP contribution in [0.3, 0.4) is 0 Å². The minimum absolute atomic E-state index is 0.0791. The minimum atomic E-state index is -0.124. The van der Waals surface area contributed by atoms with E-state index in [1.807, 2.05) is 91.9 Å². The average Bonchev–Trinajstić information content (AvgIpc) is 2.83. The Kier molecular flexibility index (Phi) is 8.98. The third kappa shape index (κ3) is 7.74. The van der Waals surface area contributed by atoms with E-state index in [4.69, 9.17) is 4.74 Å².